The van der Waals surface area contributed by atoms with E-state index in [1.807, 2.05) is 4.90 Å². The summed E-state index contributed by atoms with van der Waals surface area (Å²) in [6, 6.07) is 0.229. The Morgan fingerprint density at radius 1 is 1.37 bits per heavy atom. The van der Waals surface area contributed by atoms with Crippen molar-refractivity contribution in [2.24, 2.45) is 28.1 Å². The first-order chi connectivity index (χ1) is 8.92. The topological polar surface area (TPSA) is 78.9 Å². The van der Waals surface area contributed by atoms with E-state index in [9.17, 15) is 4.79 Å². The zero-order valence-electron chi connectivity index (χ0n) is 12.1. The molecule has 5 heteroatoms. The van der Waals surface area contributed by atoms with E-state index in [2.05, 4.69) is 25.9 Å². The van der Waals surface area contributed by atoms with E-state index in [-0.39, 0.29) is 17.8 Å². The quantitative estimate of drug-likeness (QED) is 0.346. The number of carbonyl (C=O) groups excluding carboxylic acids is 1. The smallest absolute Gasteiger partial charge is 0.236 e. The van der Waals surface area contributed by atoms with Crippen LogP contribution in [0.4, 0.5) is 0 Å². The maximum absolute atomic E-state index is 12.9. The van der Waals surface area contributed by atoms with Gasteiger partial charge in [0.1, 0.15) is 5.41 Å². The van der Waals surface area contributed by atoms with Crippen molar-refractivity contribution in [1.29, 1.82) is 0 Å². The predicted molar refractivity (Wildman–Crippen MR) is 73.8 cm³/mol. The van der Waals surface area contributed by atoms with Gasteiger partial charge in [-0.05, 0) is 38.0 Å². The standard InChI is InChI=1S/C14H25N3O2/c1-9-7-10(2)11(3)17(8-9)13(18)14(5-4-6-14)12(15)16-19/h9-11,19H,4-8H2,1-3H3,(H2,15,16). The van der Waals surface area contributed by atoms with Crippen LogP contribution >= 0.6 is 0 Å². The van der Waals surface area contributed by atoms with Crippen LogP contribution in [0.2, 0.25) is 0 Å². The zero-order valence-corrected chi connectivity index (χ0v) is 12.1. The summed E-state index contributed by atoms with van der Waals surface area (Å²) in [7, 11) is 0. The fraction of sp³-hybridized carbons (Fsp3) is 0.857. The second-order valence-corrected chi connectivity index (χ2v) is 6.44. The van der Waals surface area contributed by atoms with Gasteiger partial charge in [-0.1, -0.05) is 25.4 Å². The lowest BCUT2D eigenvalue weighted by molar-refractivity contribution is -0.148. The molecule has 3 N–H and O–H groups in total. The number of oxime groups is 1. The number of rotatable bonds is 2. The fourth-order valence-corrected chi connectivity index (χ4v) is 3.46. The Morgan fingerprint density at radius 2 is 2.00 bits per heavy atom. The Balaban J connectivity index is 2.22. The molecule has 2 aliphatic rings. The van der Waals surface area contributed by atoms with E-state index in [1.165, 1.54) is 0 Å². The van der Waals surface area contributed by atoms with Crippen LogP contribution < -0.4 is 5.73 Å². The number of hydrogen-bond donors (Lipinski definition) is 2. The minimum atomic E-state index is -0.736. The highest BCUT2D eigenvalue weighted by Gasteiger charge is 2.52. The summed E-state index contributed by atoms with van der Waals surface area (Å²) in [6.07, 6.45) is 3.53. The van der Waals surface area contributed by atoms with Crippen LogP contribution in [0.5, 0.6) is 0 Å². The number of carbonyl (C=O) groups is 1. The van der Waals surface area contributed by atoms with Crippen LogP contribution in [-0.4, -0.2) is 34.4 Å². The highest BCUT2D eigenvalue weighted by Crippen LogP contribution is 2.44. The molecule has 2 fully saturated rings. The van der Waals surface area contributed by atoms with Gasteiger partial charge in [0.15, 0.2) is 5.84 Å². The molecule has 1 aliphatic carbocycles. The van der Waals surface area contributed by atoms with Gasteiger partial charge in [-0.3, -0.25) is 4.79 Å². The summed E-state index contributed by atoms with van der Waals surface area (Å²) < 4.78 is 0. The van der Waals surface area contributed by atoms with Gasteiger partial charge in [0, 0.05) is 12.6 Å². The molecule has 0 spiro atoms. The van der Waals surface area contributed by atoms with Gasteiger partial charge in [-0.2, -0.15) is 0 Å². The van der Waals surface area contributed by atoms with E-state index in [1.54, 1.807) is 0 Å². The van der Waals surface area contributed by atoms with Gasteiger partial charge in [-0.25, -0.2) is 0 Å². The summed E-state index contributed by atoms with van der Waals surface area (Å²) in [5.41, 5.74) is 5.05. The van der Waals surface area contributed by atoms with Gasteiger partial charge in [0.25, 0.3) is 0 Å². The molecule has 1 aliphatic heterocycles. The van der Waals surface area contributed by atoms with E-state index in [0.717, 1.165) is 19.4 Å². The van der Waals surface area contributed by atoms with Crippen LogP contribution in [0.15, 0.2) is 5.16 Å². The van der Waals surface area contributed by atoms with Crippen molar-refractivity contribution < 1.29 is 10.0 Å². The summed E-state index contributed by atoms with van der Waals surface area (Å²) in [6.45, 7) is 7.26. The molecule has 2 rings (SSSR count). The first-order valence-electron chi connectivity index (χ1n) is 7.21. The summed E-state index contributed by atoms with van der Waals surface area (Å²) in [5, 5.41) is 12.1. The van der Waals surface area contributed by atoms with Crippen LogP contribution in [0, 0.1) is 17.3 Å². The third-order valence-electron chi connectivity index (χ3n) is 5.07. The fourth-order valence-electron chi connectivity index (χ4n) is 3.46. The molecule has 3 atom stereocenters. The van der Waals surface area contributed by atoms with Crippen LogP contribution in [0.3, 0.4) is 0 Å². The number of piperidine rings is 1. The Morgan fingerprint density at radius 3 is 2.47 bits per heavy atom. The molecular weight excluding hydrogens is 242 g/mol. The number of amidine groups is 1. The second-order valence-electron chi connectivity index (χ2n) is 6.44. The Hall–Kier alpha value is -1.26. The third kappa shape index (κ3) is 2.19. The van der Waals surface area contributed by atoms with Gasteiger partial charge in [0.05, 0.1) is 0 Å². The summed E-state index contributed by atoms with van der Waals surface area (Å²) in [4.78, 5) is 14.8. The average Bonchev–Trinajstić information content (AvgIpc) is 2.31. The molecule has 0 bridgehead atoms. The zero-order chi connectivity index (χ0) is 14.2. The third-order valence-corrected chi connectivity index (χ3v) is 5.07. The SMILES string of the molecule is CC1CC(C)C(C)N(C(=O)C2(C(N)=NO)CCC2)C1. The molecule has 3 unspecified atom stereocenters. The number of nitrogens with zero attached hydrogens (tertiary/aromatic N) is 2. The molecule has 1 amide bonds. The van der Waals surface area contributed by atoms with E-state index >= 15 is 0 Å². The highest BCUT2D eigenvalue weighted by molar-refractivity contribution is 6.07. The van der Waals surface area contributed by atoms with Crippen molar-refractivity contribution >= 4 is 11.7 Å². The monoisotopic (exact) mass is 267 g/mol. The molecular formula is C14H25N3O2. The van der Waals surface area contributed by atoms with Crippen molar-refractivity contribution in [2.45, 2.75) is 52.5 Å². The lowest BCUT2D eigenvalue weighted by Gasteiger charge is -2.48. The number of amides is 1. The number of hydrogen-bond acceptors (Lipinski definition) is 3. The first kappa shape index (κ1) is 14.2. The van der Waals surface area contributed by atoms with Crippen molar-refractivity contribution in [3.8, 4) is 0 Å². The maximum Gasteiger partial charge on any atom is 0.236 e. The second kappa shape index (κ2) is 5.02. The van der Waals surface area contributed by atoms with Gasteiger partial charge >= 0.3 is 0 Å². The van der Waals surface area contributed by atoms with E-state index < -0.39 is 5.41 Å². The van der Waals surface area contributed by atoms with Gasteiger partial charge in [-0.15, -0.1) is 0 Å². The minimum Gasteiger partial charge on any atom is -0.409 e. The molecule has 1 saturated carbocycles. The van der Waals surface area contributed by atoms with Gasteiger partial charge in [0.2, 0.25) is 5.91 Å². The van der Waals surface area contributed by atoms with Crippen molar-refractivity contribution in [2.75, 3.05) is 6.54 Å². The highest BCUT2D eigenvalue weighted by atomic mass is 16.4. The van der Waals surface area contributed by atoms with Crippen LogP contribution in [0.1, 0.15) is 46.5 Å². The maximum atomic E-state index is 12.9. The Labute approximate surface area is 114 Å². The minimum absolute atomic E-state index is 0.0555. The van der Waals surface area contributed by atoms with Crippen molar-refractivity contribution in [1.82, 2.24) is 4.90 Å². The molecule has 0 aromatic carbocycles. The number of nitrogens with two attached hydrogens (primary N) is 1. The van der Waals surface area contributed by atoms with Crippen LogP contribution in [0.25, 0.3) is 0 Å². The predicted octanol–water partition coefficient (Wildman–Crippen LogP) is 1.80. The molecule has 5 nitrogen and oxygen atoms in total. The molecule has 19 heavy (non-hydrogen) atoms. The molecule has 1 heterocycles. The van der Waals surface area contributed by atoms with Gasteiger partial charge < -0.3 is 15.8 Å². The molecule has 1 saturated heterocycles. The largest absolute Gasteiger partial charge is 0.409 e. The average molecular weight is 267 g/mol. The molecule has 0 aromatic heterocycles. The Kier molecular flexibility index (Phi) is 3.74. The van der Waals surface area contributed by atoms with E-state index in [4.69, 9.17) is 10.9 Å². The normalized spacial score (nSPS) is 34.8. The summed E-state index contributed by atoms with van der Waals surface area (Å²) >= 11 is 0. The van der Waals surface area contributed by atoms with Crippen molar-refractivity contribution in [3.05, 3.63) is 0 Å². The Bertz CT molecular complexity index is 390. The molecule has 108 valence electrons. The lowest BCUT2D eigenvalue weighted by Crippen LogP contribution is -2.60. The number of likely N-dealkylation sites (tertiary alicyclic amines) is 1. The lowest BCUT2D eigenvalue weighted by atomic mass is 9.66. The molecule has 0 aromatic rings. The van der Waals surface area contributed by atoms with E-state index in [0.29, 0.717) is 24.7 Å². The summed E-state index contributed by atoms with van der Waals surface area (Å²) in [5.74, 6) is 1.15. The molecule has 0 radical (unpaired) electrons. The van der Waals surface area contributed by atoms with Crippen LogP contribution in [-0.2, 0) is 4.79 Å². The first-order valence-corrected chi connectivity index (χ1v) is 7.21. The van der Waals surface area contributed by atoms with Crippen molar-refractivity contribution in [3.63, 3.8) is 0 Å².